The zero-order valence-electron chi connectivity index (χ0n) is 9.75. The molecule has 92 valence electrons. The molecule has 0 fully saturated rings. The van der Waals surface area contributed by atoms with Crippen molar-refractivity contribution in [2.75, 3.05) is 13.1 Å². The van der Waals surface area contributed by atoms with Crippen LogP contribution in [0.2, 0.25) is 5.02 Å². The van der Waals surface area contributed by atoms with Crippen LogP contribution >= 0.6 is 27.5 Å². The number of carbonyl (C=O) groups excluding carboxylic acids is 1. The van der Waals surface area contributed by atoms with Crippen LogP contribution in [-0.2, 0) is 0 Å². The number of carbonyl (C=O) groups is 1. The Hall–Kier alpha value is -0.800. The van der Waals surface area contributed by atoms with Gasteiger partial charge in [-0.1, -0.05) is 24.6 Å². The van der Waals surface area contributed by atoms with Crippen LogP contribution in [0.1, 0.15) is 23.7 Å². The summed E-state index contributed by atoms with van der Waals surface area (Å²) in [5, 5.41) is 0.547. The molecule has 1 aromatic rings. The maximum atomic E-state index is 12.2. The molecule has 0 saturated carbocycles. The maximum absolute atomic E-state index is 12.2. The number of amides is 1. The quantitative estimate of drug-likeness (QED) is 0.748. The summed E-state index contributed by atoms with van der Waals surface area (Å²) in [5.74, 6) is -0.0128. The smallest absolute Gasteiger partial charge is 0.254 e. The van der Waals surface area contributed by atoms with Crippen molar-refractivity contribution in [1.82, 2.24) is 4.90 Å². The number of hydrogen-bond acceptors (Lipinski definition) is 1. The molecule has 0 bridgehead atoms. The van der Waals surface area contributed by atoms with Gasteiger partial charge in [0, 0.05) is 23.1 Å². The van der Waals surface area contributed by atoms with Gasteiger partial charge in [0.15, 0.2) is 0 Å². The number of halogens is 2. The Kier molecular flexibility index (Phi) is 5.72. The normalized spacial score (nSPS) is 10.1. The van der Waals surface area contributed by atoms with Gasteiger partial charge < -0.3 is 4.90 Å². The first-order valence-corrected chi connectivity index (χ1v) is 6.62. The van der Waals surface area contributed by atoms with Crippen molar-refractivity contribution in [2.24, 2.45) is 0 Å². The van der Waals surface area contributed by atoms with Crippen molar-refractivity contribution in [3.05, 3.63) is 45.9 Å². The van der Waals surface area contributed by atoms with Crippen LogP contribution in [0.5, 0.6) is 0 Å². The van der Waals surface area contributed by atoms with Gasteiger partial charge in [0.25, 0.3) is 5.91 Å². The fraction of sp³-hybridized carbons (Fsp3) is 0.308. The molecule has 0 N–H and O–H groups in total. The average molecular weight is 317 g/mol. The molecule has 4 heteroatoms. The Morgan fingerprint density at radius 2 is 2.29 bits per heavy atom. The van der Waals surface area contributed by atoms with Crippen LogP contribution in [-0.4, -0.2) is 23.9 Å². The molecule has 1 amide bonds. The van der Waals surface area contributed by atoms with Gasteiger partial charge in [-0.3, -0.25) is 4.79 Å². The minimum Gasteiger partial charge on any atom is -0.335 e. The highest BCUT2D eigenvalue weighted by Crippen LogP contribution is 2.23. The van der Waals surface area contributed by atoms with Crippen LogP contribution in [0.25, 0.3) is 0 Å². The van der Waals surface area contributed by atoms with Crippen molar-refractivity contribution in [1.29, 1.82) is 0 Å². The Morgan fingerprint density at radius 3 is 2.82 bits per heavy atom. The molecule has 2 nitrogen and oxygen atoms in total. The van der Waals surface area contributed by atoms with E-state index >= 15 is 0 Å². The van der Waals surface area contributed by atoms with Gasteiger partial charge in [0.05, 0.1) is 5.02 Å². The second-order valence-corrected chi connectivity index (χ2v) is 4.93. The van der Waals surface area contributed by atoms with E-state index in [2.05, 4.69) is 22.5 Å². The predicted molar refractivity (Wildman–Crippen MR) is 75.5 cm³/mol. The van der Waals surface area contributed by atoms with E-state index in [1.807, 2.05) is 6.92 Å². The monoisotopic (exact) mass is 315 g/mol. The molecule has 0 radical (unpaired) electrons. The molecule has 0 saturated heterocycles. The third-order valence-electron chi connectivity index (χ3n) is 2.30. The summed E-state index contributed by atoms with van der Waals surface area (Å²) in [5.41, 5.74) is 0.605. The van der Waals surface area contributed by atoms with Crippen LogP contribution in [0.15, 0.2) is 35.3 Å². The van der Waals surface area contributed by atoms with Crippen LogP contribution < -0.4 is 0 Å². The first-order valence-electron chi connectivity index (χ1n) is 5.45. The zero-order chi connectivity index (χ0) is 12.8. The third-order valence-corrected chi connectivity index (χ3v) is 3.53. The Balaban J connectivity index is 2.92. The van der Waals surface area contributed by atoms with E-state index in [1.165, 1.54) is 0 Å². The van der Waals surface area contributed by atoms with Crippen LogP contribution in [0.3, 0.4) is 0 Å². The average Bonchev–Trinajstić information content (AvgIpc) is 2.31. The Bertz CT molecular complexity index is 420. The highest BCUT2D eigenvalue weighted by molar-refractivity contribution is 9.10. The SMILES string of the molecule is C=CCN(CCC)C(=O)c1ccc(Br)c(Cl)c1. The Labute approximate surface area is 115 Å². The predicted octanol–water partition coefficient (Wildman–Crippen LogP) is 4.14. The largest absolute Gasteiger partial charge is 0.335 e. The van der Waals surface area contributed by atoms with Gasteiger partial charge in [-0.2, -0.15) is 0 Å². The summed E-state index contributed by atoms with van der Waals surface area (Å²) in [4.78, 5) is 13.9. The summed E-state index contributed by atoms with van der Waals surface area (Å²) in [6.45, 7) is 6.98. The van der Waals surface area contributed by atoms with Gasteiger partial charge in [0.2, 0.25) is 0 Å². The van der Waals surface area contributed by atoms with Gasteiger partial charge >= 0.3 is 0 Å². The molecule has 1 aromatic carbocycles. The van der Waals surface area contributed by atoms with E-state index in [9.17, 15) is 4.79 Å². The standard InChI is InChI=1S/C13H15BrClNO/c1-3-7-16(8-4-2)13(17)10-5-6-11(14)12(15)9-10/h3,5-6,9H,1,4,7-8H2,2H3. The second kappa shape index (κ2) is 6.82. The molecule has 0 aromatic heterocycles. The number of benzene rings is 1. The highest BCUT2D eigenvalue weighted by atomic mass is 79.9. The molecular formula is C13H15BrClNO. The van der Waals surface area contributed by atoms with Crippen LogP contribution in [0, 0.1) is 0 Å². The lowest BCUT2D eigenvalue weighted by atomic mass is 10.2. The molecule has 0 heterocycles. The molecule has 0 spiro atoms. The fourth-order valence-corrected chi connectivity index (χ4v) is 1.94. The molecule has 1 rings (SSSR count). The number of nitrogens with zero attached hydrogens (tertiary/aromatic N) is 1. The third kappa shape index (κ3) is 3.86. The minimum absolute atomic E-state index is 0.0128. The van der Waals surface area contributed by atoms with Crippen molar-refractivity contribution in [3.8, 4) is 0 Å². The van der Waals surface area contributed by atoms with Crippen LogP contribution in [0.4, 0.5) is 0 Å². The Morgan fingerprint density at radius 1 is 1.59 bits per heavy atom. The van der Waals surface area contributed by atoms with Gasteiger partial charge in [-0.05, 0) is 40.5 Å². The lowest BCUT2D eigenvalue weighted by Crippen LogP contribution is -2.31. The number of rotatable bonds is 5. The molecule has 0 aliphatic rings. The van der Waals surface area contributed by atoms with E-state index in [0.29, 0.717) is 17.1 Å². The summed E-state index contributed by atoms with van der Waals surface area (Å²) in [6.07, 6.45) is 2.65. The summed E-state index contributed by atoms with van der Waals surface area (Å²) >= 11 is 9.28. The molecule has 0 atom stereocenters. The molecule has 17 heavy (non-hydrogen) atoms. The highest BCUT2D eigenvalue weighted by Gasteiger charge is 2.14. The van der Waals surface area contributed by atoms with Crippen molar-refractivity contribution in [3.63, 3.8) is 0 Å². The second-order valence-electron chi connectivity index (χ2n) is 3.67. The van der Waals surface area contributed by atoms with Crippen molar-refractivity contribution in [2.45, 2.75) is 13.3 Å². The van der Waals surface area contributed by atoms with Crippen molar-refractivity contribution >= 4 is 33.4 Å². The summed E-state index contributed by atoms with van der Waals surface area (Å²) in [6, 6.07) is 5.23. The van der Waals surface area contributed by atoms with Gasteiger partial charge in [-0.25, -0.2) is 0 Å². The lowest BCUT2D eigenvalue weighted by molar-refractivity contribution is 0.0774. The minimum atomic E-state index is -0.0128. The molecular weight excluding hydrogens is 302 g/mol. The van der Waals surface area contributed by atoms with E-state index < -0.39 is 0 Å². The maximum Gasteiger partial charge on any atom is 0.254 e. The first-order chi connectivity index (χ1) is 8.10. The summed E-state index contributed by atoms with van der Waals surface area (Å²) < 4.78 is 0.793. The van der Waals surface area contributed by atoms with E-state index in [1.54, 1.807) is 29.2 Å². The molecule has 0 aliphatic carbocycles. The lowest BCUT2D eigenvalue weighted by Gasteiger charge is -2.20. The van der Waals surface area contributed by atoms with Gasteiger partial charge in [-0.15, -0.1) is 6.58 Å². The molecule has 0 unspecified atom stereocenters. The van der Waals surface area contributed by atoms with Crippen molar-refractivity contribution < 1.29 is 4.79 Å². The summed E-state index contributed by atoms with van der Waals surface area (Å²) in [7, 11) is 0. The zero-order valence-corrected chi connectivity index (χ0v) is 12.1. The van der Waals surface area contributed by atoms with Gasteiger partial charge in [0.1, 0.15) is 0 Å². The number of hydrogen-bond donors (Lipinski definition) is 0. The fourth-order valence-electron chi connectivity index (χ4n) is 1.51. The van der Waals surface area contributed by atoms with E-state index in [-0.39, 0.29) is 5.91 Å². The molecule has 0 aliphatic heterocycles. The van der Waals surface area contributed by atoms with E-state index in [4.69, 9.17) is 11.6 Å². The van der Waals surface area contributed by atoms with E-state index in [0.717, 1.165) is 17.4 Å². The topological polar surface area (TPSA) is 20.3 Å². The first kappa shape index (κ1) is 14.3.